The van der Waals surface area contributed by atoms with Crippen LogP contribution in [0.3, 0.4) is 0 Å². The predicted octanol–water partition coefficient (Wildman–Crippen LogP) is 3.39. The van der Waals surface area contributed by atoms with Gasteiger partial charge in [-0.05, 0) is 64.5 Å². The predicted molar refractivity (Wildman–Crippen MR) is 122 cm³/mol. The second-order valence-corrected chi connectivity index (χ2v) is 8.98. The summed E-state index contributed by atoms with van der Waals surface area (Å²) in [4.78, 5) is 42.8. The van der Waals surface area contributed by atoms with E-state index in [0.29, 0.717) is 31.7 Å². The summed E-state index contributed by atoms with van der Waals surface area (Å²) in [7, 11) is 0. The number of nitrogens with zero attached hydrogens (tertiary/aromatic N) is 2. The smallest absolute Gasteiger partial charge is 0.251 e. The van der Waals surface area contributed by atoms with Crippen molar-refractivity contribution < 1.29 is 14.4 Å². The lowest BCUT2D eigenvalue weighted by Crippen LogP contribution is -2.55. The molecule has 1 aliphatic heterocycles. The average Bonchev–Trinajstić information content (AvgIpc) is 3.32. The zero-order chi connectivity index (χ0) is 22.4. The molecule has 1 N–H and O–H groups in total. The first-order valence-electron chi connectivity index (χ1n) is 11.9. The van der Waals surface area contributed by atoms with Crippen LogP contribution >= 0.6 is 0 Å². The van der Waals surface area contributed by atoms with E-state index >= 15 is 0 Å². The maximum absolute atomic E-state index is 13.3. The summed E-state index contributed by atoms with van der Waals surface area (Å²) in [5.74, 6) is 0.275. The lowest BCUT2D eigenvalue weighted by Gasteiger charge is -2.38. The van der Waals surface area contributed by atoms with Gasteiger partial charge in [0.15, 0.2) is 0 Å². The van der Waals surface area contributed by atoms with Gasteiger partial charge in [0.05, 0.1) is 0 Å². The van der Waals surface area contributed by atoms with Gasteiger partial charge in [0.25, 0.3) is 5.91 Å². The van der Waals surface area contributed by atoms with Crippen molar-refractivity contribution in [3.05, 3.63) is 35.4 Å². The van der Waals surface area contributed by atoms with Crippen molar-refractivity contribution in [2.45, 2.75) is 65.3 Å². The molecule has 1 heterocycles. The van der Waals surface area contributed by atoms with Crippen LogP contribution in [0.1, 0.15) is 68.3 Å². The van der Waals surface area contributed by atoms with Gasteiger partial charge in [-0.3, -0.25) is 14.4 Å². The monoisotopic (exact) mass is 427 g/mol. The summed E-state index contributed by atoms with van der Waals surface area (Å²) in [6, 6.07) is 6.88. The minimum absolute atomic E-state index is 0.0217. The SMILES string of the molecule is CCN(CC)C(=O)C(NC(=O)c1cccc(C)c1)C1CCN(C(=O)C2CCCC2)CC1. The number of hydrogen-bond acceptors (Lipinski definition) is 3. The summed E-state index contributed by atoms with van der Waals surface area (Å²) in [5.41, 5.74) is 1.59. The Labute approximate surface area is 186 Å². The fourth-order valence-electron chi connectivity index (χ4n) is 5.01. The number of aryl methyl sites for hydroxylation is 1. The molecular formula is C25H37N3O3. The zero-order valence-electron chi connectivity index (χ0n) is 19.2. The lowest BCUT2D eigenvalue weighted by molar-refractivity contribution is -0.138. The molecule has 31 heavy (non-hydrogen) atoms. The van der Waals surface area contributed by atoms with Crippen LogP contribution in [0.4, 0.5) is 0 Å². The molecule has 3 rings (SSSR count). The van der Waals surface area contributed by atoms with Crippen molar-refractivity contribution >= 4 is 17.7 Å². The molecule has 2 fully saturated rings. The van der Waals surface area contributed by atoms with Crippen LogP contribution in [0.5, 0.6) is 0 Å². The first kappa shape index (κ1) is 23.3. The van der Waals surface area contributed by atoms with Crippen LogP contribution in [-0.2, 0) is 9.59 Å². The zero-order valence-corrected chi connectivity index (χ0v) is 19.2. The second-order valence-electron chi connectivity index (χ2n) is 8.98. The Hall–Kier alpha value is -2.37. The molecule has 6 heteroatoms. The normalized spacial score (nSPS) is 18.6. The molecule has 6 nitrogen and oxygen atoms in total. The highest BCUT2D eigenvalue weighted by molar-refractivity contribution is 5.97. The summed E-state index contributed by atoms with van der Waals surface area (Å²) < 4.78 is 0. The van der Waals surface area contributed by atoms with Crippen LogP contribution in [0.15, 0.2) is 24.3 Å². The number of nitrogens with one attached hydrogen (secondary N) is 1. The van der Waals surface area contributed by atoms with Gasteiger partial charge in [-0.15, -0.1) is 0 Å². The molecule has 1 atom stereocenters. The number of rotatable bonds is 7. The molecule has 3 amide bonds. The first-order valence-corrected chi connectivity index (χ1v) is 11.9. The van der Waals surface area contributed by atoms with Crippen molar-refractivity contribution in [3.63, 3.8) is 0 Å². The topological polar surface area (TPSA) is 69.7 Å². The van der Waals surface area contributed by atoms with Crippen LogP contribution in [-0.4, -0.2) is 59.7 Å². The molecule has 0 aromatic heterocycles. The van der Waals surface area contributed by atoms with Crippen molar-refractivity contribution in [1.82, 2.24) is 15.1 Å². The van der Waals surface area contributed by atoms with E-state index in [1.807, 2.05) is 43.9 Å². The molecule has 0 spiro atoms. The van der Waals surface area contributed by atoms with Gasteiger partial charge < -0.3 is 15.1 Å². The van der Waals surface area contributed by atoms with Gasteiger partial charge in [-0.1, -0.05) is 30.5 Å². The molecule has 170 valence electrons. The average molecular weight is 428 g/mol. The van der Waals surface area contributed by atoms with Crippen LogP contribution in [0.25, 0.3) is 0 Å². The number of carbonyl (C=O) groups is 3. The minimum atomic E-state index is -0.559. The Bertz CT molecular complexity index is 776. The largest absolute Gasteiger partial charge is 0.342 e. The maximum Gasteiger partial charge on any atom is 0.251 e. The Balaban J connectivity index is 1.70. The fourth-order valence-corrected chi connectivity index (χ4v) is 5.01. The van der Waals surface area contributed by atoms with Crippen LogP contribution in [0.2, 0.25) is 0 Å². The van der Waals surface area contributed by atoms with Gasteiger partial charge in [-0.25, -0.2) is 0 Å². The van der Waals surface area contributed by atoms with E-state index in [4.69, 9.17) is 0 Å². The van der Waals surface area contributed by atoms with Gasteiger partial charge in [0, 0.05) is 37.7 Å². The number of amides is 3. The third kappa shape index (κ3) is 5.66. The summed E-state index contributed by atoms with van der Waals surface area (Å²) in [5, 5.41) is 3.04. The lowest BCUT2D eigenvalue weighted by atomic mass is 9.87. The standard InChI is InChI=1S/C25H37N3O3/c1-4-27(5-2)25(31)22(26-23(29)21-12-8-9-18(3)17-21)19-13-15-28(16-14-19)24(30)20-10-6-7-11-20/h8-9,12,17,19-20,22H,4-7,10-11,13-16H2,1-3H3,(H,26,29). The van der Waals surface area contributed by atoms with E-state index in [9.17, 15) is 14.4 Å². The number of hydrogen-bond donors (Lipinski definition) is 1. The maximum atomic E-state index is 13.3. The summed E-state index contributed by atoms with van der Waals surface area (Å²) >= 11 is 0. The Morgan fingerprint density at radius 1 is 1.06 bits per heavy atom. The third-order valence-corrected chi connectivity index (χ3v) is 6.94. The molecular weight excluding hydrogens is 390 g/mol. The van der Waals surface area contributed by atoms with E-state index in [1.165, 1.54) is 0 Å². The van der Waals surface area contributed by atoms with E-state index in [2.05, 4.69) is 5.32 Å². The van der Waals surface area contributed by atoms with Crippen LogP contribution in [0, 0.1) is 18.8 Å². The fraction of sp³-hybridized carbons (Fsp3) is 0.640. The second kappa shape index (κ2) is 10.8. The van der Waals surface area contributed by atoms with Crippen molar-refractivity contribution in [1.29, 1.82) is 0 Å². The van der Waals surface area contributed by atoms with E-state index in [-0.39, 0.29) is 29.6 Å². The molecule has 2 aliphatic rings. The highest BCUT2D eigenvalue weighted by atomic mass is 16.2. The van der Waals surface area contributed by atoms with E-state index in [0.717, 1.165) is 44.1 Å². The number of piperidine rings is 1. The van der Waals surface area contributed by atoms with Crippen molar-refractivity contribution in [3.8, 4) is 0 Å². The molecule has 1 saturated heterocycles. The molecule has 1 aromatic rings. The van der Waals surface area contributed by atoms with Gasteiger partial charge in [0.2, 0.25) is 11.8 Å². The van der Waals surface area contributed by atoms with Gasteiger partial charge in [-0.2, -0.15) is 0 Å². The molecule has 1 saturated carbocycles. The van der Waals surface area contributed by atoms with Crippen molar-refractivity contribution in [2.75, 3.05) is 26.2 Å². The third-order valence-electron chi connectivity index (χ3n) is 6.94. The highest BCUT2D eigenvalue weighted by Crippen LogP contribution is 2.29. The summed E-state index contributed by atoms with van der Waals surface area (Å²) in [6.07, 6.45) is 5.80. The first-order chi connectivity index (χ1) is 14.9. The summed E-state index contributed by atoms with van der Waals surface area (Å²) in [6.45, 7) is 8.45. The van der Waals surface area contributed by atoms with Gasteiger partial charge >= 0.3 is 0 Å². The highest BCUT2D eigenvalue weighted by Gasteiger charge is 2.37. The minimum Gasteiger partial charge on any atom is -0.342 e. The molecule has 0 bridgehead atoms. The molecule has 1 aliphatic carbocycles. The number of carbonyl (C=O) groups excluding carboxylic acids is 3. The molecule has 1 unspecified atom stereocenters. The number of likely N-dealkylation sites (tertiary alicyclic amines) is 1. The van der Waals surface area contributed by atoms with Crippen LogP contribution < -0.4 is 5.32 Å². The van der Waals surface area contributed by atoms with E-state index < -0.39 is 6.04 Å². The van der Waals surface area contributed by atoms with Gasteiger partial charge in [0.1, 0.15) is 6.04 Å². The quantitative estimate of drug-likeness (QED) is 0.725. The molecule has 0 radical (unpaired) electrons. The number of benzene rings is 1. The Kier molecular flexibility index (Phi) is 8.10. The molecule has 1 aromatic carbocycles. The Morgan fingerprint density at radius 2 is 1.71 bits per heavy atom. The van der Waals surface area contributed by atoms with Crippen molar-refractivity contribution in [2.24, 2.45) is 11.8 Å². The number of likely N-dealkylation sites (N-methyl/N-ethyl adjacent to an activating group) is 1. The van der Waals surface area contributed by atoms with E-state index in [1.54, 1.807) is 11.0 Å². The Morgan fingerprint density at radius 3 is 2.29 bits per heavy atom.